The van der Waals surface area contributed by atoms with Gasteiger partial charge in [0, 0.05) is 25.6 Å². The predicted molar refractivity (Wildman–Crippen MR) is 78.8 cm³/mol. The van der Waals surface area contributed by atoms with Crippen molar-refractivity contribution in [1.29, 1.82) is 0 Å². The molecule has 0 unspecified atom stereocenters. The maximum Gasteiger partial charge on any atom is 0.409 e. The molecule has 5 heteroatoms. The van der Waals surface area contributed by atoms with Crippen molar-refractivity contribution >= 4 is 12.0 Å². The molecule has 3 fully saturated rings. The molecular weight excluding hydrogens is 268 g/mol. The van der Waals surface area contributed by atoms with Crippen molar-refractivity contribution in [1.82, 2.24) is 9.80 Å². The van der Waals surface area contributed by atoms with E-state index < -0.39 is 0 Å². The highest BCUT2D eigenvalue weighted by Gasteiger charge is 2.35. The van der Waals surface area contributed by atoms with Crippen molar-refractivity contribution in [2.75, 3.05) is 26.2 Å². The fourth-order valence-corrected chi connectivity index (χ4v) is 4.11. The second kappa shape index (κ2) is 6.67. The summed E-state index contributed by atoms with van der Waals surface area (Å²) in [5.41, 5.74) is 0. The lowest BCUT2D eigenvalue weighted by Gasteiger charge is -2.34. The first-order valence-corrected chi connectivity index (χ1v) is 8.47. The molecule has 2 saturated heterocycles. The van der Waals surface area contributed by atoms with Gasteiger partial charge in [0.1, 0.15) is 6.61 Å². The van der Waals surface area contributed by atoms with Gasteiger partial charge in [-0.1, -0.05) is 19.3 Å². The number of hydrogen-bond donors (Lipinski definition) is 0. The van der Waals surface area contributed by atoms with Gasteiger partial charge < -0.3 is 14.5 Å². The molecule has 0 spiro atoms. The van der Waals surface area contributed by atoms with Crippen LogP contribution in [0.1, 0.15) is 51.4 Å². The zero-order valence-electron chi connectivity index (χ0n) is 12.8. The number of carbonyl (C=O) groups is 2. The lowest BCUT2D eigenvalue weighted by molar-refractivity contribution is -0.133. The minimum atomic E-state index is -0.270. The number of rotatable bonds is 4. The Hall–Kier alpha value is -1.26. The first-order chi connectivity index (χ1) is 10.3. The Kier molecular flexibility index (Phi) is 4.66. The van der Waals surface area contributed by atoms with Gasteiger partial charge in [-0.25, -0.2) is 4.79 Å². The van der Waals surface area contributed by atoms with Crippen molar-refractivity contribution in [2.45, 2.75) is 57.4 Å². The van der Waals surface area contributed by atoms with Gasteiger partial charge >= 0.3 is 6.09 Å². The third kappa shape index (κ3) is 3.33. The minimum Gasteiger partial charge on any atom is -0.448 e. The summed E-state index contributed by atoms with van der Waals surface area (Å²) in [7, 11) is 0. The summed E-state index contributed by atoms with van der Waals surface area (Å²) in [5, 5.41) is 0. The van der Waals surface area contributed by atoms with Gasteiger partial charge in [-0.2, -0.15) is 0 Å². The normalized spacial score (nSPS) is 27.2. The Morgan fingerprint density at radius 3 is 2.62 bits per heavy atom. The molecule has 2 heterocycles. The van der Waals surface area contributed by atoms with E-state index in [1.165, 1.54) is 38.5 Å². The summed E-state index contributed by atoms with van der Waals surface area (Å²) >= 11 is 0. The maximum atomic E-state index is 12.5. The van der Waals surface area contributed by atoms with Crippen molar-refractivity contribution < 1.29 is 14.3 Å². The van der Waals surface area contributed by atoms with Gasteiger partial charge in [0.05, 0.1) is 6.54 Å². The van der Waals surface area contributed by atoms with Crippen molar-refractivity contribution in [2.24, 2.45) is 5.92 Å². The van der Waals surface area contributed by atoms with Crippen LogP contribution in [0.3, 0.4) is 0 Å². The van der Waals surface area contributed by atoms with Crippen LogP contribution in [0.25, 0.3) is 0 Å². The summed E-state index contributed by atoms with van der Waals surface area (Å²) in [6, 6.07) is 0.461. The molecule has 5 nitrogen and oxygen atoms in total. The summed E-state index contributed by atoms with van der Waals surface area (Å²) in [6.07, 6.45) is 9.05. The highest BCUT2D eigenvalue weighted by atomic mass is 16.6. The van der Waals surface area contributed by atoms with Crippen LogP contribution in [0, 0.1) is 5.92 Å². The van der Waals surface area contributed by atoms with E-state index in [0.717, 1.165) is 13.0 Å². The van der Waals surface area contributed by atoms with Gasteiger partial charge in [-0.15, -0.1) is 0 Å². The zero-order chi connectivity index (χ0) is 14.7. The lowest BCUT2D eigenvalue weighted by atomic mass is 9.83. The Balaban J connectivity index is 1.51. The SMILES string of the molecule is O=C1OCCN1CCC(=O)N1CCC[C@@H]1C1CCCCC1. The van der Waals surface area contributed by atoms with Crippen LogP contribution >= 0.6 is 0 Å². The molecule has 2 aliphatic heterocycles. The van der Waals surface area contributed by atoms with Crippen LogP contribution in [0.5, 0.6) is 0 Å². The Morgan fingerprint density at radius 1 is 1.10 bits per heavy atom. The Bertz CT molecular complexity index is 393. The Labute approximate surface area is 126 Å². The van der Waals surface area contributed by atoms with E-state index in [1.807, 2.05) is 0 Å². The molecule has 3 rings (SSSR count). The number of carbonyl (C=O) groups excluding carboxylic acids is 2. The predicted octanol–water partition coefficient (Wildman–Crippen LogP) is 2.40. The van der Waals surface area contributed by atoms with Gasteiger partial charge in [-0.3, -0.25) is 4.79 Å². The number of cyclic esters (lactones) is 1. The standard InChI is InChI=1S/C16H26N2O3/c19-15(8-10-17-11-12-21-16(17)20)18-9-4-7-14(18)13-5-2-1-3-6-13/h13-14H,1-12H2/t14-/m1/s1. The Morgan fingerprint density at radius 2 is 1.90 bits per heavy atom. The second-order valence-electron chi connectivity index (χ2n) is 6.55. The van der Waals surface area contributed by atoms with Crippen LogP contribution in [0.2, 0.25) is 0 Å². The van der Waals surface area contributed by atoms with E-state index in [-0.39, 0.29) is 12.0 Å². The zero-order valence-corrected chi connectivity index (χ0v) is 12.8. The summed E-state index contributed by atoms with van der Waals surface area (Å²) in [5.74, 6) is 0.935. The average molecular weight is 294 g/mol. The van der Waals surface area contributed by atoms with E-state index in [0.29, 0.717) is 38.1 Å². The van der Waals surface area contributed by atoms with Gasteiger partial charge in [0.25, 0.3) is 0 Å². The number of nitrogens with zero attached hydrogens (tertiary/aromatic N) is 2. The molecule has 0 bridgehead atoms. The monoisotopic (exact) mass is 294 g/mol. The van der Waals surface area contributed by atoms with E-state index in [4.69, 9.17) is 4.74 Å². The van der Waals surface area contributed by atoms with Crippen molar-refractivity contribution in [3.63, 3.8) is 0 Å². The molecule has 1 aliphatic carbocycles. The lowest BCUT2D eigenvalue weighted by Crippen LogP contribution is -2.42. The molecule has 1 saturated carbocycles. The molecule has 3 aliphatic rings. The second-order valence-corrected chi connectivity index (χ2v) is 6.55. The van der Waals surface area contributed by atoms with E-state index in [9.17, 15) is 9.59 Å². The number of hydrogen-bond acceptors (Lipinski definition) is 3. The van der Waals surface area contributed by atoms with Gasteiger partial charge in [-0.05, 0) is 31.6 Å². The summed E-state index contributed by atoms with van der Waals surface area (Å²) in [6.45, 7) is 2.50. The molecule has 0 aromatic rings. The van der Waals surface area contributed by atoms with Crippen LogP contribution in [0.15, 0.2) is 0 Å². The van der Waals surface area contributed by atoms with Crippen LogP contribution < -0.4 is 0 Å². The van der Waals surface area contributed by atoms with Crippen LogP contribution in [-0.4, -0.2) is 54.1 Å². The van der Waals surface area contributed by atoms with Gasteiger partial charge in [0.2, 0.25) is 5.91 Å². The number of likely N-dealkylation sites (tertiary alicyclic amines) is 1. The molecule has 0 aromatic carbocycles. The number of ether oxygens (including phenoxy) is 1. The largest absolute Gasteiger partial charge is 0.448 e. The van der Waals surface area contributed by atoms with E-state index in [1.54, 1.807) is 4.90 Å². The maximum absolute atomic E-state index is 12.5. The van der Waals surface area contributed by atoms with Crippen molar-refractivity contribution in [3.05, 3.63) is 0 Å². The van der Waals surface area contributed by atoms with Crippen LogP contribution in [0.4, 0.5) is 4.79 Å². The summed E-state index contributed by atoms with van der Waals surface area (Å²) in [4.78, 5) is 27.7. The molecule has 0 aromatic heterocycles. The molecule has 1 atom stereocenters. The fourth-order valence-electron chi connectivity index (χ4n) is 4.11. The molecule has 0 radical (unpaired) electrons. The fraction of sp³-hybridized carbons (Fsp3) is 0.875. The van der Waals surface area contributed by atoms with Crippen molar-refractivity contribution in [3.8, 4) is 0 Å². The molecule has 118 valence electrons. The van der Waals surface area contributed by atoms with Gasteiger partial charge in [0.15, 0.2) is 0 Å². The first kappa shape index (κ1) is 14.7. The van der Waals surface area contributed by atoms with Crippen LogP contribution in [-0.2, 0) is 9.53 Å². The number of amides is 2. The average Bonchev–Trinajstić information content (AvgIpc) is 3.15. The quantitative estimate of drug-likeness (QED) is 0.800. The highest BCUT2D eigenvalue weighted by Crippen LogP contribution is 2.34. The molecule has 0 N–H and O–H groups in total. The third-order valence-electron chi connectivity index (χ3n) is 5.25. The first-order valence-electron chi connectivity index (χ1n) is 8.47. The van der Waals surface area contributed by atoms with E-state index in [2.05, 4.69) is 4.90 Å². The highest BCUT2D eigenvalue weighted by molar-refractivity contribution is 5.78. The summed E-state index contributed by atoms with van der Waals surface area (Å²) < 4.78 is 4.90. The molecular formula is C16H26N2O3. The van der Waals surface area contributed by atoms with E-state index >= 15 is 0 Å². The minimum absolute atomic E-state index is 0.225. The molecule has 2 amide bonds. The third-order valence-corrected chi connectivity index (χ3v) is 5.25. The molecule has 21 heavy (non-hydrogen) atoms. The topological polar surface area (TPSA) is 49.9 Å². The smallest absolute Gasteiger partial charge is 0.409 e.